The topological polar surface area (TPSA) is 81.7 Å². The zero-order chi connectivity index (χ0) is 24.3. The van der Waals surface area contributed by atoms with Gasteiger partial charge in [0.15, 0.2) is 5.78 Å². The Labute approximate surface area is 208 Å². The quantitative estimate of drug-likeness (QED) is 0.316. The van der Waals surface area contributed by atoms with Gasteiger partial charge in [-0.15, -0.1) is 0 Å². The highest BCUT2D eigenvalue weighted by Gasteiger charge is 2.47. The standard InChI is InChI=1S/C24H27Cl2NO5S/c1-5-33-9-8-32-24(30)19-13(3)27-17-10-12(2)18(23(29)31-4)22(28)21(17)20(19)15-7-6-14(25)11-16(15)26/h6-7,11-12,18,20,27H,5,8-10H2,1-4H3/t12-,18+,20-/m1/s1. The third kappa shape index (κ3) is 5.26. The van der Waals surface area contributed by atoms with Gasteiger partial charge in [0.25, 0.3) is 0 Å². The average molecular weight is 512 g/mol. The molecule has 2 aliphatic rings. The molecule has 0 unspecified atom stereocenters. The van der Waals surface area contributed by atoms with Crippen LogP contribution in [0.1, 0.15) is 38.7 Å². The molecule has 9 heteroatoms. The van der Waals surface area contributed by atoms with Crippen LogP contribution in [0.3, 0.4) is 0 Å². The molecule has 0 saturated heterocycles. The van der Waals surface area contributed by atoms with Gasteiger partial charge in [-0.05, 0) is 42.7 Å². The zero-order valence-corrected chi connectivity index (χ0v) is 21.3. The van der Waals surface area contributed by atoms with Crippen LogP contribution < -0.4 is 5.32 Å². The Hall–Kier alpha value is -1.96. The maximum absolute atomic E-state index is 13.7. The SMILES string of the molecule is CCSCCOC(=O)C1=C(C)NC2=C(C(=O)[C@@H](C(=O)OC)[C@H](C)C2)[C@@H]1c1ccc(Cl)cc1Cl. The molecule has 0 saturated carbocycles. The molecule has 1 heterocycles. The normalized spacial score (nSPS) is 22.6. The highest BCUT2D eigenvalue weighted by Crippen LogP contribution is 2.47. The van der Waals surface area contributed by atoms with Crippen molar-refractivity contribution in [1.82, 2.24) is 5.32 Å². The van der Waals surface area contributed by atoms with E-state index in [-0.39, 0.29) is 18.3 Å². The Kier molecular flexibility index (Phi) is 8.54. The van der Waals surface area contributed by atoms with Gasteiger partial charge >= 0.3 is 11.9 Å². The van der Waals surface area contributed by atoms with Crippen molar-refractivity contribution in [3.05, 3.63) is 56.3 Å². The summed E-state index contributed by atoms with van der Waals surface area (Å²) in [7, 11) is 1.26. The Bertz CT molecular complexity index is 1040. The number of hydrogen-bond donors (Lipinski definition) is 1. The summed E-state index contributed by atoms with van der Waals surface area (Å²) in [4.78, 5) is 39.4. The van der Waals surface area contributed by atoms with Crippen LogP contribution in [0.4, 0.5) is 0 Å². The van der Waals surface area contributed by atoms with Crippen molar-refractivity contribution in [2.45, 2.75) is 33.1 Å². The lowest BCUT2D eigenvalue weighted by Gasteiger charge is -2.38. The number of esters is 2. The van der Waals surface area contributed by atoms with E-state index in [0.29, 0.717) is 50.3 Å². The molecule has 0 amide bonds. The molecule has 1 aliphatic heterocycles. The summed E-state index contributed by atoms with van der Waals surface area (Å²) >= 11 is 14.3. The van der Waals surface area contributed by atoms with E-state index in [2.05, 4.69) is 5.32 Å². The molecular weight excluding hydrogens is 485 g/mol. The number of carbonyl (C=O) groups is 3. The third-order valence-electron chi connectivity index (χ3n) is 5.90. The van der Waals surface area contributed by atoms with Gasteiger partial charge in [0.05, 0.1) is 12.7 Å². The van der Waals surface area contributed by atoms with Crippen LogP contribution in [0, 0.1) is 11.8 Å². The number of methoxy groups -OCH3 is 1. The summed E-state index contributed by atoms with van der Waals surface area (Å²) in [5.74, 6) is -1.91. The highest BCUT2D eigenvalue weighted by molar-refractivity contribution is 7.99. The van der Waals surface area contributed by atoms with E-state index in [1.54, 1.807) is 36.9 Å². The second kappa shape index (κ2) is 11.0. The molecule has 0 radical (unpaired) electrons. The second-order valence-electron chi connectivity index (χ2n) is 8.03. The highest BCUT2D eigenvalue weighted by atomic mass is 35.5. The molecule has 0 aromatic heterocycles. The van der Waals surface area contributed by atoms with Gasteiger partial charge in [0, 0.05) is 38.7 Å². The second-order valence-corrected chi connectivity index (χ2v) is 10.3. The van der Waals surface area contributed by atoms with Crippen LogP contribution in [-0.4, -0.2) is 42.9 Å². The summed E-state index contributed by atoms with van der Waals surface area (Å²) in [5.41, 5.74) is 2.46. The molecule has 0 bridgehead atoms. The molecule has 1 aliphatic carbocycles. The number of rotatable bonds is 7. The fourth-order valence-corrected chi connectivity index (χ4v) is 5.42. The monoisotopic (exact) mass is 511 g/mol. The fourth-order valence-electron chi connectivity index (χ4n) is 4.41. The lowest BCUT2D eigenvalue weighted by molar-refractivity contribution is -0.151. The summed E-state index contributed by atoms with van der Waals surface area (Å²) in [6.07, 6.45) is 0.454. The largest absolute Gasteiger partial charge is 0.468 e. The van der Waals surface area contributed by atoms with Crippen molar-refractivity contribution < 1.29 is 23.9 Å². The lowest BCUT2D eigenvalue weighted by atomic mass is 9.69. The van der Waals surface area contributed by atoms with Gasteiger partial charge < -0.3 is 14.8 Å². The van der Waals surface area contributed by atoms with Crippen molar-refractivity contribution in [2.24, 2.45) is 11.8 Å². The fraction of sp³-hybridized carbons (Fsp3) is 0.458. The number of Topliss-reactive ketones (excluding diaryl/α,β-unsaturated/α-hetero) is 1. The van der Waals surface area contributed by atoms with Gasteiger partial charge in [-0.3, -0.25) is 9.59 Å². The van der Waals surface area contributed by atoms with Gasteiger partial charge in [-0.1, -0.05) is 43.1 Å². The van der Waals surface area contributed by atoms with Crippen LogP contribution in [0.5, 0.6) is 0 Å². The number of benzene rings is 1. The first-order chi connectivity index (χ1) is 15.7. The van der Waals surface area contributed by atoms with Gasteiger partial charge in [-0.2, -0.15) is 11.8 Å². The Morgan fingerprint density at radius 3 is 2.64 bits per heavy atom. The maximum atomic E-state index is 13.7. The van der Waals surface area contributed by atoms with Crippen molar-refractivity contribution in [1.29, 1.82) is 0 Å². The predicted octanol–water partition coefficient (Wildman–Crippen LogP) is 4.90. The van der Waals surface area contributed by atoms with Crippen LogP contribution >= 0.6 is 35.0 Å². The number of hydrogen-bond acceptors (Lipinski definition) is 7. The number of halogens is 2. The molecule has 33 heavy (non-hydrogen) atoms. The maximum Gasteiger partial charge on any atom is 0.336 e. The minimum absolute atomic E-state index is 0.247. The number of thioether (sulfide) groups is 1. The zero-order valence-electron chi connectivity index (χ0n) is 19.0. The first-order valence-electron chi connectivity index (χ1n) is 10.7. The summed E-state index contributed by atoms with van der Waals surface area (Å²) in [6, 6.07) is 4.94. The molecule has 3 rings (SSSR count). The predicted molar refractivity (Wildman–Crippen MR) is 130 cm³/mol. The number of allylic oxidation sites excluding steroid dienone is 3. The lowest BCUT2D eigenvalue weighted by Crippen LogP contribution is -2.43. The van der Waals surface area contributed by atoms with Crippen LogP contribution in [0.2, 0.25) is 10.0 Å². The van der Waals surface area contributed by atoms with Crippen LogP contribution in [0.15, 0.2) is 40.7 Å². The number of dihydropyridines is 1. The number of ketones is 1. The smallest absolute Gasteiger partial charge is 0.336 e. The molecule has 6 nitrogen and oxygen atoms in total. The average Bonchev–Trinajstić information content (AvgIpc) is 2.75. The Balaban J connectivity index is 2.11. The van der Waals surface area contributed by atoms with Crippen molar-refractivity contribution in [2.75, 3.05) is 25.2 Å². The molecule has 1 aromatic rings. The summed E-state index contributed by atoms with van der Waals surface area (Å²) < 4.78 is 10.5. The molecular formula is C24H27Cl2NO5S. The van der Waals surface area contributed by atoms with E-state index in [1.165, 1.54) is 7.11 Å². The molecule has 3 atom stereocenters. The molecule has 0 fully saturated rings. The molecule has 178 valence electrons. The van der Waals surface area contributed by atoms with Gasteiger partial charge in [0.1, 0.15) is 12.5 Å². The van der Waals surface area contributed by atoms with E-state index >= 15 is 0 Å². The Morgan fingerprint density at radius 1 is 1.27 bits per heavy atom. The van der Waals surface area contributed by atoms with E-state index in [0.717, 1.165) is 5.75 Å². The van der Waals surface area contributed by atoms with Gasteiger partial charge in [0.2, 0.25) is 0 Å². The molecule has 0 spiro atoms. The van der Waals surface area contributed by atoms with E-state index in [4.69, 9.17) is 32.7 Å². The molecule has 1 aromatic carbocycles. The Morgan fingerprint density at radius 2 is 2.00 bits per heavy atom. The number of ether oxygens (including phenoxy) is 2. The van der Waals surface area contributed by atoms with E-state index < -0.39 is 23.8 Å². The van der Waals surface area contributed by atoms with E-state index in [9.17, 15) is 14.4 Å². The van der Waals surface area contributed by atoms with Crippen molar-refractivity contribution >= 4 is 52.7 Å². The third-order valence-corrected chi connectivity index (χ3v) is 7.33. The van der Waals surface area contributed by atoms with Gasteiger partial charge in [-0.25, -0.2) is 4.79 Å². The van der Waals surface area contributed by atoms with Crippen LogP contribution in [-0.2, 0) is 23.9 Å². The number of nitrogens with one attached hydrogen (secondary N) is 1. The first-order valence-corrected chi connectivity index (χ1v) is 12.6. The number of carbonyl (C=O) groups excluding carboxylic acids is 3. The van der Waals surface area contributed by atoms with Crippen molar-refractivity contribution in [3.63, 3.8) is 0 Å². The summed E-state index contributed by atoms with van der Waals surface area (Å²) in [6.45, 7) is 5.89. The minimum atomic E-state index is -0.958. The first kappa shape index (κ1) is 25.7. The van der Waals surface area contributed by atoms with E-state index in [1.807, 2.05) is 13.8 Å². The van der Waals surface area contributed by atoms with Crippen LogP contribution in [0.25, 0.3) is 0 Å². The van der Waals surface area contributed by atoms with Crippen molar-refractivity contribution in [3.8, 4) is 0 Å². The summed E-state index contributed by atoms with van der Waals surface area (Å²) in [5, 5.41) is 3.99. The molecule has 1 N–H and O–H groups in total. The minimum Gasteiger partial charge on any atom is -0.468 e.